The minimum Gasteiger partial charge on any atom is -0.497 e. The van der Waals surface area contributed by atoms with Crippen molar-refractivity contribution in [3.8, 4) is 5.75 Å². The molecule has 0 aliphatic carbocycles. The highest BCUT2D eigenvalue weighted by molar-refractivity contribution is 8.04. The molecule has 0 saturated heterocycles. The number of hydrogen-bond donors (Lipinski definition) is 1. The van der Waals surface area contributed by atoms with Gasteiger partial charge in [0, 0.05) is 12.3 Å². The summed E-state index contributed by atoms with van der Waals surface area (Å²) in [5, 5.41) is 9.13. The summed E-state index contributed by atoms with van der Waals surface area (Å²) in [5.74, 6) is 0.575. The standard InChI is InChI=1S/C21H21NO4S/c1-26-17-9-7-15(8-10-17)11-12-22-20(24)18(16-5-3-2-4-6-16)19(21(22)25)27-14-13-23/h2-10,23H,11-14H2,1H3. The molecule has 0 bridgehead atoms. The fraction of sp³-hybridized carbons (Fsp3) is 0.238. The topological polar surface area (TPSA) is 66.8 Å². The first-order valence-corrected chi connectivity index (χ1v) is 9.66. The van der Waals surface area contributed by atoms with Crippen molar-refractivity contribution in [3.05, 3.63) is 70.6 Å². The quantitative estimate of drug-likeness (QED) is 0.710. The predicted octanol–water partition coefficient (Wildman–Crippen LogP) is 2.74. The number of amides is 2. The van der Waals surface area contributed by atoms with Crippen LogP contribution in [0.5, 0.6) is 5.75 Å². The summed E-state index contributed by atoms with van der Waals surface area (Å²) in [4.78, 5) is 27.5. The van der Waals surface area contributed by atoms with E-state index in [-0.39, 0.29) is 18.4 Å². The molecule has 0 unspecified atom stereocenters. The van der Waals surface area contributed by atoms with Gasteiger partial charge in [-0.15, -0.1) is 11.8 Å². The fourth-order valence-corrected chi connectivity index (χ4v) is 3.81. The Bertz CT molecular complexity index is 846. The predicted molar refractivity (Wildman–Crippen MR) is 106 cm³/mol. The highest BCUT2D eigenvalue weighted by Gasteiger charge is 2.38. The van der Waals surface area contributed by atoms with E-state index >= 15 is 0 Å². The zero-order valence-electron chi connectivity index (χ0n) is 15.1. The van der Waals surface area contributed by atoms with Crippen molar-refractivity contribution < 1.29 is 19.4 Å². The summed E-state index contributed by atoms with van der Waals surface area (Å²) in [7, 11) is 1.61. The first kappa shape index (κ1) is 19.2. The molecule has 0 radical (unpaired) electrons. The molecule has 0 spiro atoms. The molecule has 0 aromatic heterocycles. The molecule has 2 aromatic rings. The number of ether oxygens (including phenoxy) is 1. The summed E-state index contributed by atoms with van der Waals surface area (Å²) in [5.41, 5.74) is 2.17. The number of aliphatic hydroxyl groups excluding tert-OH is 1. The average Bonchev–Trinajstić information content (AvgIpc) is 2.95. The van der Waals surface area contributed by atoms with Gasteiger partial charge in [0.05, 0.1) is 24.2 Å². The van der Waals surface area contributed by atoms with Crippen LogP contribution in [0.1, 0.15) is 11.1 Å². The number of rotatable bonds is 8. The van der Waals surface area contributed by atoms with E-state index in [0.717, 1.165) is 16.9 Å². The van der Waals surface area contributed by atoms with Crippen LogP contribution in [0.15, 0.2) is 59.5 Å². The number of thioether (sulfide) groups is 1. The van der Waals surface area contributed by atoms with Gasteiger partial charge in [0.15, 0.2) is 0 Å². The SMILES string of the molecule is COc1ccc(CCN2C(=O)C(SCCO)=C(c3ccccc3)C2=O)cc1. The Kier molecular flexibility index (Phi) is 6.32. The van der Waals surface area contributed by atoms with Crippen molar-refractivity contribution in [2.75, 3.05) is 26.0 Å². The molecule has 3 rings (SSSR count). The molecule has 6 heteroatoms. The molecular weight excluding hydrogens is 362 g/mol. The van der Waals surface area contributed by atoms with Gasteiger partial charge in [0.25, 0.3) is 11.8 Å². The molecule has 1 heterocycles. The summed E-state index contributed by atoms with van der Waals surface area (Å²) < 4.78 is 5.15. The Morgan fingerprint density at radius 1 is 1.00 bits per heavy atom. The molecule has 0 saturated carbocycles. The van der Waals surface area contributed by atoms with Gasteiger partial charge in [-0.05, 0) is 29.7 Å². The van der Waals surface area contributed by atoms with Gasteiger partial charge >= 0.3 is 0 Å². The van der Waals surface area contributed by atoms with Crippen LogP contribution in [0, 0.1) is 0 Å². The smallest absolute Gasteiger partial charge is 0.267 e. The second kappa shape index (κ2) is 8.88. The van der Waals surface area contributed by atoms with Gasteiger partial charge in [0.2, 0.25) is 0 Å². The first-order valence-electron chi connectivity index (χ1n) is 8.68. The minimum absolute atomic E-state index is 0.0520. The maximum absolute atomic E-state index is 13.0. The van der Waals surface area contributed by atoms with Gasteiger partial charge in [-0.1, -0.05) is 42.5 Å². The minimum atomic E-state index is -0.286. The summed E-state index contributed by atoms with van der Waals surface area (Å²) in [6.45, 7) is 0.257. The van der Waals surface area contributed by atoms with Gasteiger partial charge in [0.1, 0.15) is 5.75 Å². The highest BCUT2D eigenvalue weighted by atomic mass is 32.2. The second-order valence-corrected chi connectivity index (χ2v) is 7.11. The third kappa shape index (κ3) is 4.23. The van der Waals surface area contributed by atoms with Gasteiger partial charge in [-0.2, -0.15) is 0 Å². The number of methoxy groups -OCH3 is 1. The fourth-order valence-electron chi connectivity index (χ4n) is 2.93. The Morgan fingerprint density at radius 2 is 1.70 bits per heavy atom. The van der Waals surface area contributed by atoms with E-state index in [0.29, 0.717) is 29.2 Å². The number of aliphatic hydroxyl groups is 1. The lowest BCUT2D eigenvalue weighted by Gasteiger charge is -2.15. The summed E-state index contributed by atoms with van der Waals surface area (Å²) in [6, 6.07) is 16.8. The van der Waals surface area contributed by atoms with Crippen LogP contribution < -0.4 is 4.74 Å². The molecular formula is C21H21NO4S. The van der Waals surface area contributed by atoms with Gasteiger partial charge < -0.3 is 9.84 Å². The lowest BCUT2D eigenvalue weighted by atomic mass is 10.1. The molecule has 27 heavy (non-hydrogen) atoms. The van der Waals surface area contributed by atoms with Crippen LogP contribution in [0.25, 0.3) is 5.57 Å². The van der Waals surface area contributed by atoms with Crippen LogP contribution >= 0.6 is 11.8 Å². The van der Waals surface area contributed by atoms with Crippen LogP contribution in [-0.2, 0) is 16.0 Å². The summed E-state index contributed by atoms with van der Waals surface area (Å²) >= 11 is 1.23. The zero-order valence-corrected chi connectivity index (χ0v) is 15.9. The second-order valence-electron chi connectivity index (χ2n) is 6.00. The van der Waals surface area contributed by atoms with E-state index in [4.69, 9.17) is 9.84 Å². The molecule has 2 aromatic carbocycles. The lowest BCUT2D eigenvalue weighted by Crippen LogP contribution is -2.33. The number of hydrogen-bond acceptors (Lipinski definition) is 5. The monoisotopic (exact) mass is 383 g/mol. The van der Waals surface area contributed by atoms with Crippen molar-refractivity contribution in [2.45, 2.75) is 6.42 Å². The van der Waals surface area contributed by atoms with Crippen molar-refractivity contribution in [1.29, 1.82) is 0 Å². The maximum atomic E-state index is 13.0. The van der Waals surface area contributed by atoms with E-state index in [2.05, 4.69) is 0 Å². The molecule has 1 aliphatic rings. The maximum Gasteiger partial charge on any atom is 0.267 e. The number of carbonyl (C=O) groups excluding carboxylic acids is 2. The highest BCUT2D eigenvalue weighted by Crippen LogP contribution is 2.35. The summed E-state index contributed by atoms with van der Waals surface area (Å²) in [6.07, 6.45) is 0.571. The van der Waals surface area contributed by atoms with Crippen molar-refractivity contribution in [1.82, 2.24) is 4.90 Å². The number of benzene rings is 2. The normalized spacial score (nSPS) is 14.2. The van der Waals surface area contributed by atoms with E-state index in [1.807, 2.05) is 54.6 Å². The first-order chi connectivity index (χ1) is 13.2. The Hall–Kier alpha value is -2.57. The number of nitrogens with zero attached hydrogens (tertiary/aromatic N) is 1. The Balaban J connectivity index is 1.79. The van der Waals surface area contributed by atoms with Crippen LogP contribution in [0.4, 0.5) is 0 Å². The van der Waals surface area contributed by atoms with E-state index in [1.165, 1.54) is 16.7 Å². The third-order valence-electron chi connectivity index (χ3n) is 4.31. The lowest BCUT2D eigenvalue weighted by molar-refractivity contribution is -0.136. The van der Waals surface area contributed by atoms with Crippen molar-refractivity contribution in [3.63, 3.8) is 0 Å². The van der Waals surface area contributed by atoms with Gasteiger partial charge in [-0.25, -0.2) is 0 Å². The van der Waals surface area contributed by atoms with Crippen molar-refractivity contribution >= 4 is 29.1 Å². The number of carbonyl (C=O) groups is 2. The van der Waals surface area contributed by atoms with E-state index in [1.54, 1.807) is 7.11 Å². The van der Waals surface area contributed by atoms with Crippen LogP contribution in [-0.4, -0.2) is 47.8 Å². The molecule has 140 valence electrons. The Morgan fingerprint density at radius 3 is 2.33 bits per heavy atom. The molecule has 1 N–H and O–H groups in total. The van der Waals surface area contributed by atoms with Gasteiger partial charge in [-0.3, -0.25) is 14.5 Å². The zero-order chi connectivity index (χ0) is 19.2. The molecule has 5 nitrogen and oxygen atoms in total. The molecule has 2 amide bonds. The van der Waals surface area contributed by atoms with E-state index in [9.17, 15) is 9.59 Å². The number of imide groups is 1. The largest absolute Gasteiger partial charge is 0.497 e. The molecule has 1 aliphatic heterocycles. The van der Waals surface area contributed by atoms with Crippen LogP contribution in [0.3, 0.4) is 0 Å². The van der Waals surface area contributed by atoms with Crippen molar-refractivity contribution in [2.24, 2.45) is 0 Å². The van der Waals surface area contributed by atoms with E-state index < -0.39 is 0 Å². The third-order valence-corrected chi connectivity index (χ3v) is 5.36. The van der Waals surface area contributed by atoms with Crippen LogP contribution in [0.2, 0.25) is 0 Å². The average molecular weight is 383 g/mol. The molecule has 0 atom stereocenters. The Labute approximate surface area is 162 Å². The molecule has 0 fully saturated rings.